The van der Waals surface area contributed by atoms with Crippen LogP contribution in [0.15, 0.2) is 22.3 Å². The van der Waals surface area contributed by atoms with Crippen molar-refractivity contribution < 1.29 is 14.4 Å². The molecule has 1 rings (SSSR count). The smallest absolute Gasteiger partial charge is 0.308 e. The molecule has 4 nitrogen and oxygen atoms in total. The number of hydrogen-bond donors (Lipinski definition) is 1. The minimum atomic E-state index is -0.274. The predicted octanol–water partition coefficient (Wildman–Crippen LogP) is 2.50. The van der Waals surface area contributed by atoms with E-state index in [0.717, 1.165) is 0 Å². The first-order valence-electron chi connectivity index (χ1n) is 6.18. The van der Waals surface area contributed by atoms with Crippen LogP contribution in [0.2, 0.25) is 0 Å². The Morgan fingerprint density at radius 2 is 1.67 bits per heavy atom. The summed E-state index contributed by atoms with van der Waals surface area (Å²) in [7, 11) is 0. The first-order valence-corrected chi connectivity index (χ1v) is 6.18. The molecule has 0 aromatic heterocycles. The lowest BCUT2D eigenvalue weighted by molar-refractivity contribution is -0.146. The minimum absolute atomic E-state index is 0.173. The Kier molecular flexibility index (Phi) is 4.71. The van der Waals surface area contributed by atoms with E-state index in [1.165, 1.54) is 22.3 Å². The van der Waals surface area contributed by atoms with Crippen molar-refractivity contribution in [3.8, 4) is 0 Å². The summed E-state index contributed by atoms with van der Waals surface area (Å²) < 4.78 is 5.33. The van der Waals surface area contributed by atoms with E-state index in [-0.39, 0.29) is 24.4 Å². The number of carbonyl (C=O) groups excluding carboxylic acids is 1. The fraction of sp³-hybridized carbons (Fsp3) is 0.643. The normalized spacial score (nSPS) is 18.6. The fourth-order valence-electron chi connectivity index (χ4n) is 2.33. The molecule has 0 saturated heterocycles. The molecule has 0 atom stereocenters. The summed E-state index contributed by atoms with van der Waals surface area (Å²) >= 11 is 0. The molecule has 1 aliphatic rings. The van der Waals surface area contributed by atoms with Crippen LogP contribution >= 0.6 is 0 Å². The van der Waals surface area contributed by atoms with Crippen LogP contribution in [-0.2, 0) is 14.4 Å². The standard InChI is InChI=1S/C14H23NO3/c1-9-10(2)12(4)14(5,11(9)3)8-17-13(16)6-7-18-15/h6-8,15H2,1-5H3. The maximum absolute atomic E-state index is 11.5. The maximum atomic E-state index is 11.5. The molecule has 0 aliphatic heterocycles. The number of carbonyl (C=O) groups is 1. The second kappa shape index (κ2) is 5.67. The second-order valence-electron chi connectivity index (χ2n) is 5.11. The van der Waals surface area contributed by atoms with Crippen LogP contribution in [0.5, 0.6) is 0 Å². The summed E-state index contributed by atoms with van der Waals surface area (Å²) in [5, 5.41) is 0. The number of nitrogens with two attached hydrogens (primary N) is 1. The van der Waals surface area contributed by atoms with E-state index < -0.39 is 0 Å². The number of rotatable bonds is 5. The van der Waals surface area contributed by atoms with Crippen molar-refractivity contribution >= 4 is 5.97 Å². The van der Waals surface area contributed by atoms with Crippen molar-refractivity contribution in [2.24, 2.45) is 11.3 Å². The van der Waals surface area contributed by atoms with Crippen LogP contribution in [0.4, 0.5) is 0 Å². The highest BCUT2D eigenvalue weighted by atomic mass is 16.6. The molecule has 0 fully saturated rings. The van der Waals surface area contributed by atoms with Gasteiger partial charge < -0.3 is 9.57 Å². The molecule has 0 heterocycles. The van der Waals surface area contributed by atoms with Gasteiger partial charge in [-0.05, 0) is 45.8 Å². The van der Waals surface area contributed by atoms with Crippen molar-refractivity contribution in [3.63, 3.8) is 0 Å². The third kappa shape index (κ3) is 2.65. The summed E-state index contributed by atoms with van der Waals surface area (Å²) in [4.78, 5) is 15.9. The van der Waals surface area contributed by atoms with E-state index in [2.05, 4.69) is 39.5 Å². The maximum Gasteiger partial charge on any atom is 0.308 e. The third-order valence-electron chi connectivity index (χ3n) is 4.29. The van der Waals surface area contributed by atoms with Gasteiger partial charge in [0.25, 0.3) is 0 Å². The Morgan fingerprint density at radius 1 is 1.17 bits per heavy atom. The molecule has 0 aromatic carbocycles. The lowest BCUT2D eigenvalue weighted by Crippen LogP contribution is -2.26. The van der Waals surface area contributed by atoms with Gasteiger partial charge in [-0.15, -0.1) is 0 Å². The summed E-state index contributed by atoms with van der Waals surface area (Å²) in [6.45, 7) is 11.1. The van der Waals surface area contributed by atoms with Crippen LogP contribution in [0.1, 0.15) is 41.0 Å². The van der Waals surface area contributed by atoms with Crippen LogP contribution in [0.25, 0.3) is 0 Å². The van der Waals surface area contributed by atoms with Gasteiger partial charge >= 0.3 is 5.97 Å². The van der Waals surface area contributed by atoms with E-state index in [0.29, 0.717) is 6.61 Å². The average Bonchev–Trinajstić information content (AvgIpc) is 2.50. The Labute approximate surface area is 109 Å². The average molecular weight is 253 g/mol. The number of esters is 1. The Morgan fingerprint density at radius 3 is 2.11 bits per heavy atom. The van der Waals surface area contributed by atoms with E-state index in [4.69, 9.17) is 10.6 Å². The third-order valence-corrected chi connectivity index (χ3v) is 4.29. The highest BCUT2D eigenvalue weighted by Gasteiger charge is 2.37. The van der Waals surface area contributed by atoms with Gasteiger partial charge in [-0.1, -0.05) is 11.1 Å². The number of allylic oxidation sites excluding steroid dienone is 2. The number of ether oxygens (including phenoxy) is 1. The highest BCUT2D eigenvalue weighted by molar-refractivity contribution is 5.69. The molecule has 0 aromatic rings. The van der Waals surface area contributed by atoms with Crippen molar-refractivity contribution in [2.75, 3.05) is 13.2 Å². The molecular formula is C14H23NO3. The van der Waals surface area contributed by atoms with Gasteiger partial charge in [-0.3, -0.25) is 4.79 Å². The van der Waals surface area contributed by atoms with Gasteiger partial charge in [0.1, 0.15) is 6.61 Å². The molecule has 0 radical (unpaired) electrons. The molecule has 102 valence electrons. The zero-order valence-electron chi connectivity index (χ0n) is 11.9. The predicted molar refractivity (Wildman–Crippen MR) is 70.6 cm³/mol. The largest absolute Gasteiger partial charge is 0.464 e. The zero-order chi connectivity index (χ0) is 13.9. The molecule has 0 amide bonds. The molecule has 0 spiro atoms. The van der Waals surface area contributed by atoms with E-state index in [1.807, 2.05) is 0 Å². The van der Waals surface area contributed by atoms with E-state index in [1.54, 1.807) is 0 Å². The molecule has 0 unspecified atom stereocenters. The van der Waals surface area contributed by atoms with Crippen molar-refractivity contribution in [3.05, 3.63) is 22.3 Å². The van der Waals surface area contributed by atoms with Gasteiger partial charge in [-0.2, -0.15) is 0 Å². The monoisotopic (exact) mass is 253 g/mol. The highest BCUT2D eigenvalue weighted by Crippen LogP contribution is 2.46. The van der Waals surface area contributed by atoms with Gasteiger partial charge in [-0.25, -0.2) is 5.90 Å². The van der Waals surface area contributed by atoms with Crippen LogP contribution < -0.4 is 5.90 Å². The topological polar surface area (TPSA) is 61.5 Å². The molecular weight excluding hydrogens is 230 g/mol. The Bertz CT molecular complexity index is 383. The van der Waals surface area contributed by atoms with Gasteiger partial charge in [0.05, 0.1) is 13.0 Å². The lowest BCUT2D eigenvalue weighted by atomic mass is 9.80. The fourth-order valence-corrected chi connectivity index (χ4v) is 2.33. The van der Waals surface area contributed by atoms with Crippen LogP contribution in [0.3, 0.4) is 0 Å². The molecule has 2 N–H and O–H groups in total. The van der Waals surface area contributed by atoms with Gasteiger partial charge in [0, 0.05) is 5.41 Å². The molecule has 0 bridgehead atoms. The summed E-state index contributed by atoms with van der Waals surface area (Å²) in [5.41, 5.74) is 4.99. The second-order valence-corrected chi connectivity index (χ2v) is 5.11. The van der Waals surface area contributed by atoms with Crippen molar-refractivity contribution in [1.29, 1.82) is 0 Å². The van der Waals surface area contributed by atoms with E-state index in [9.17, 15) is 4.79 Å². The van der Waals surface area contributed by atoms with Gasteiger partial charge in [0.15, 0.2) is 0 Å². The zero-order valence-corrected chi connectivity index (χ0v) is 11.9. The van der Waals surface area contributed by atoms with Crippen LogP contribution in [0, 0.1) is 5.41 Å². The summed E-state index contributed by atoms with van der Waals surface area (Å²) in [6.07, 6.45) is 0.191. The molecule has 4 heteroatoms. The quantitative estimate of drug-likeness (QED) is 0.604. The van der Waals surface area contributed by atoms with E-state index >= 15 is 0 Å². The lowest BCUT2D eigenvalue weighted by Gasteiger charge is -2.28. The van der Waals surface area contributed by atoms with Crippen molar-refractivity contribution in [2.45, 2.75) is 41.0 Å². The Hall–Kier alpha value is -1.13. The number of hydrogen-bond acceptors (Lipinski definition) is 4. The van der Waals surface area contributed by atoms with Crippen molar-refractivity contribution in [1.82, 2.24) is 0 Å². The summed E-state index contributed by atoms with van der Waals surface area (Å²) in [6, 6.07) is 0. The first kappa shape index (κ1) is 14.9. The summed E-state index contributed by atoms with van der Waals surface area (Å²) in [5.74, 6) is 4.61. The SMILES string of the molecule is CC1=C(C)C(C)(COC(=O)CCON)C(C)=C1C. The first-order chi connectivity index (χ1) is 8.34. The molecule has 0 saturated carbocycles. The minimum Gasteiger partial charge on any atom is -0.464 e. The molecule has 18 heavy (non-hydrogen) atoms. The molecule has 1 aliphatic carbocycles. The van der Waals surface area contributed by atoms with Crippen LogP contribution in [-0.4, -0.2) is 19.2 Å². The Balaban J connectivity index is 2.70. The van der Waals surface area contributed by atoms with Gasteiger partial charge in [0.2, 0.25) is 0 Å².